The summed E-state index contributed by atoms with van der Waals surface area (Å²) in [5.74, 6) is 1.71. The van der Waals surface area contributed by atoms with Gasteiger partial charge in [-0.3, -0.25) is 4.79 Å². The van der Waals surface area contributed by atoms with E-state index in [9.17, 15) is 9.18 Å². The van der Waals surface area contributed by atoms with E-state index in [-0.39, 0.29) is 23.6 Å². The lowest BCUT2D eigenvalue weighted by molar-refractivity contribution is -0.127. The second-order valence-corrected chi connectivity index (χ2v) is 7.63. The molecule has 1 aromatic heterocycles. The molecule has 1 aromatic carbocycles. The molecule has 3 saturated carbocycles. The molecule has 1 N–H and O–H groups in total. The predicted molar refractivity (Wildman–Crippen MR) is 87.9 cm³/mol. The fourth-order valence-corrected chi connectivity index (χ4v) is 4.64. The fraction of sp³-hybridized carbons (Fsp3) is 0.526. The van der Waals surface area contributed by atoms with E-state index >= 15 is 0 Å². The molecule has 5 nitrogen and oxygen atoms in total. The average Bonchev–Trinajstić information content (AvgIpc) is 3.04. The highest BCUT2D eigenvalue weighted by Crippen LogP contribution is 2.56. The van der Waals surface area contributed by atoms with Crippen LogP contribution in [-0.4, -0.2) is 22.1 Å². The van der Waals surface area contributed by atoms with Crippen LogP contribution < -0.4 is 5.32 Å². The van der Waals surface area contributed by atoms with Gasteiger partial charge >= 0.3 is 0 Å². The molecule has 0 spiro atoms. The second kappa shape index (κ2) is 5.64. The lowest BCUT2D eigenvalue weighted by Crippen LogP contribution is -2.38. The second-order valence-electron chi connectivity index (χ2n) is 7.63. The minimum absolute atomic E-state index is 0.0131. The van der Waals surface area contributed by atoms with Gasteiger partial charge in [0.2, 0.25) is 17.6 Å². The normalized spacial score (nSPS) is 30.6. The van der Waals surface area contributed by atoms with Gasteiger partial charge in [-0.25, -0.2) is 4.39 Å². The highest BCUT2D eigenvalue weighted by molar-refractivity contribution is 5.81. The minimum Gasteiger partial charge on any atom is -0.353 e. The van der Waals surface area contributed by atoms with E-state index in [4.69, 9.17) is 4.52 Å². The standard InChI is InChI=1S/C19H20FN3O2/c20-13-5-3-10(4-6-13)17-22-19(25-23-17)16-12-2-1-11(9-12)15(16)18(24)21-14-7-8-14/h3-6,11-12,14-16H,1-2,7-9H2,(H,21,24)/t11-,12+,15-,16-/m0/s1. The Balaban J connectivity index is 1.42. The summed E-state index contributed by atoms with van der Waals surface area (Å²) in [6.45, 7) is 0. The summed E-state index contributed by atoms with van der Waals surface area (Å²) in [4.78, 5) is 17.3. The Morgan fingerprint density at radius 3 is 2.64 bits per heavy atom. The molecule has 0 radical (unpaired) electrons. The van der Waals surface area contributed by atoms with Crippen LogP contribution in [0.3, 0.4) is 0 Å². The lowest BCUT2D eigenvalue weighted by Gasteiger charge is -2.27. The Morgan fingerprint density at radius 2 is 1.88 bits per heavy atom. The third-order valence-corrected chi connectivity index (χ3v) is 5.97. The van der Waals surface area contributed by atoms with E-state index in [1.165, 1.54) is 12.1 Å². The van der Waals surface area contributed by atoms with Crippen LogP contribution in [0.2, 0.25) is 0 Å². The number of carbonyl (C=O) groups excluding carboxylic acids is 1. The molecule has 4 atom stereocenters. The summed E-state index contributed by atoms with van der Waals surface area (Å²) >= 11 is 0. The van der Waals surface area contributed by atoms with Crippen molar-refractivity contribution in [2.75, 3.05) is 0 Å². The van der Waals surface area contributed by atoms with Gasteiger partial charge in [-0.15, -0.1) is 0 Å². The van der Waals surface area contributed by atoms with E-state index in [0.717, 1.165) is 37.7 Å². The van der Waals surface area contributed by atoms with Gasteiger partial charge in [0.15, 0.2) is 0 Å². The van der Waals surface area contributed by atoms with Crippen molar-refractivity contribution in [2.45, 2.75) is 44.1 Å². The zero-order valence-corrected chi connectivity index (χ0v) is 13.8. The van der Waals surface area contributed by atoms with Gasteiger partial charge in [-0.1, -0.05) is 5.16 Å². The first-order chi connectivity index (χ1) is 12.2. The van der Waals surface area contributed by atoms with Crippen LogP contribution in [0.1, 0.15) is 43.9 Å². The molecule has 3 aliphatic rings. The molecule has 2 aromatic rings. The number of carbonyl (C=O) groups is 1. The number of hydrogen-bond donors (Lipinski definition) is 1. The van der Waals surface area contributed by atoms with Crippen LogP contribution in [0.25, 0.3) is 11.4 Å². The number of halogens is 1. The molecule has 5 rings (SSSR count). The number of nitrogens with zero attached hydrogens (tertiary/aromatic N) is 2. The van der Waals surface area contributed by atoms with Crippen molar-refractivity contribution in [3.05, 3.63) is 36.0 Å². The van der Waals surface area contributed by atoms with E-state index in [0.29, 0.717) is 29.6 Å². The van der Waals surface area contributed by atoms with Crippen molar-refractivity contribution >= 4 is 5.91 Å². The monoisotopic (exact) mass is 341 g/mol. The number of amides is 1. The molecule has 6 heteroatoms. The largest absolute Gasteiger partial charge is 0.353 e. The Morgan fingerprint density at radius 1 is 1.12 bits per heavy atom. The van der Waals surface area contributed by atoms with Gasteiger partial charge in [-0.2, -0.15) is 4.98 Å². The van der Waals surface area contributed by atoms with Crippen molar-refractivity contribution in [1.82, 2.24) is 15.5 Å². The van der Waals surface area contributed by atoms with Crippen LogP contribution in [0.5, 0.6) is 0 Å². The third-order valence-electron chi connectivity index (χ3n) is 5.97. The predicted octanol–water partition coefficient (Wildman–Crippen LogP) is 3.28. The van der Waals surface area contributed by atoms with Gasteiger partial charge in [0.05, 0.1) is 11.8 Å². The number of nitrogens with one attached hydrogen (secondary N) is 1. The molecule has 25 heavy (non-hydrogen) atoms. The maximum atomic E-state index is 13.1. The molecule has 1 heterocycles. The molecular weight excluding hydrogens is 321 g/mol. The Hall–Kier alpha value is -2.24. The van der Waals surface area contributed by atoms with Crippen LogP contribution in [0.4, 0.5) is 4.39 Å². The van der Waals surface area contributed by atoms with Gasteiger partial charge in [-0.05, 0) is 68.2 Å². The Kier molecular flexibility index (Phi) is 3.40. The molecule has 130 valence electrons. The molecule has 3 aliphatic carbocycles. The van der Waals surface area contributed by atoms with Crippen molar-refractivity contribution in [2.24, 2.45) is 17.8 Å². The van der Waals surface area contributed by atoms with Gasteiger partial charge < -0.3 is 9.84 Å². The summed E-state index contributed by atoms with van der Waals surface area (Å²) in [6, 6.07) is 6.41. The Bertz CT molecular complexity index is 799. The summed E-state index contributed by atoms with van der Waals surface area (Å²) in [6.07, 6.45) is 5.49. The average molecular weight is 341 g/mol. The number of rotatable bonds is 4. The molecule has 0 aliphatic heterocycles. The van der Waals surface area contributed by atoms with Gasteiger partial charge in [0, 0.05) is 11.6 Å². The zero-order valence-electron chi connectivity index (χ0n) is 13.8. The molecule has 0 saturated heterocycles. The van der Waals surface area contributed by atoms with Crippen LogP contribution in [0.15, 0.2) is 28.8 Å². The maximum absolute atomic E-state index is 13.1. The minimum atomic E-state index is -0.294. The molecule has 3 fully saturated rings. The van der Waals surface area contributed by atoms with Crippen LogP contribution in [-0.2, 0) is 4.79 Å². The topological polar surface area (TPSA) is 68.0 Å². The lowest BCUT2D eigenvalue weighted by atomic mass is 9.78. The number of benzene rings is 1. The Labute approximate surface area is 145 Å². The van der Waals surface area contributed by atoms with Gasteiger partial charge in [0.1, 0.15) is 5.82 Å². The zero-order chi connectivity index (χ0) is 17.0. The number of aromatic nitrogens is 2. The fourth-order valence-electron chi connectivity index (χ4n) is 4.64. The van der Waals surface area contributed by atoms with E-state index in [1.807, 2.05) is 0 Å². The van der Waals surface area contributed by atoms with E-state index < -0.39 is 0 Å². The molecule has 1 amide bonds. The SMILES string of the molecule is O=C(NC1CC1)[C@H]1[C@H]2CC[C@H](C2)[C@@H]1c1nc(-c2ccc(F)cc2)no1. The van der Waals surface area contributed by atoms with Crippen molar-refractivity contribution < 1.29 is 13.7 Å². The summed E-state index contributed by atoms with van der Waals surface area (Å²) in [5.41, 5.74) is 0.721. The van der Waals surface area contributed by atoms with Crippen LogP contribution in [0, 0.1) is 23.6 Å². The summed E-state index contributed by atoms with van der Waals surface area (Å²) in [5, 5.41) is 7.23. The highest BCUT2D eigenvalue weighted by Gasteiger charge is 2.54. The quantitative estimate of drug-likeness (QED) is 0.927. The first-order valence-electron chi connectivity index (χ1n) is 9.09. The summed E-state index contributed by atoms with van der Waals surface area (Å²) < 4.78 is 18.6. The van der Waals surface area contributed by atoms with Crippen molar-refractivity contribution in [3.8, 4) is 11.4 Å². The third kappa shape index (κ3) is 2.64. The van der Waals surface area contributed by atoms with E-state index in [2.05, 4.69) is 15.5 Å². The van der Waals surface area contributed by atoms with E-state index in [1.54, 1.807) is 12.1 Å². The number of fused-ring (bicyclic) bond motifs is 2. The number of hydrogen-bond acceptors (Lipinski definition) is 4. The maximum Gasteiger partial charge on any atom is 0.231 e. The van der Waals surface area contributed by atoms with Crippen molar-refractivity contribution in [1.29, 1.82) is 0 Å². The molecule has 2 bridgehead atoms. The highest BCUT2D eigenvalue weighted by atomic mass is 19.1. The van der Waals surface area contributed by atoms with Gasteiger partial charge in [0.25, 0.3) is 0 Å². The van der Waals surface area contributed by atoms with Crippen molar-refractivity contribution in [3.63, 3.8) is 0 Å². The molecular formula is C19H20FN3O2. The summed E-state index contributed by atoms with van der Waals surface area (Å²) in [7, 11) is 0. The van der Waals surface area contributed by atoms with Crippen LogP contribution >= 0.6 is 0 Å². The smallest absolute Gasteiger partial charge is 0.231 e. The first-order valence-corrected chi connectivity index (χ1v) is 9.09. The molecule has 0 unspecified atom stereocenters. The first kappa shape index (κ1) is 15.0.